The number of esters is 1. The average molecular weight is 518 g/mol. The summed E-state index contributed by atoms with van der Waals surface area (Å²) in [4.78, 5) is 40.6. The molecule has 2 aromatic carbocycles. The van der Waals surface area contributed by atoms with E-state index in [2.05, 4.69) is 39.8 Å². The molecule has 2 aliphatic rings. The lowest BCUT2D eigenvalue weighted by Crippen LogP contribution is -2.40. The van der Waals surface area contributed by atoms with Crippen molar-refractivity contribution in [3.8, 4) is 0 Å². The molecule has 0 spiro atoms. The van der Waals surface area contributed by atoms with E-state index in [9.17, 15) is 14.4 Å². The van der Waals surface area contributed by atoms with Gasteiger partial charge in [-0.1, -0.05) is 72.8 Å². The van der Waals surface area contributed by atoms with E-state index in [0.29, 0.717) is 25.3 Å². The van der Waals surface area contributed by atoms with Crippen molar-refractivity contribution in [2.24, 2.45) is 11.8 Å². The number of cyclic esters (lactones) is 1. The maximum absolute atomic E-state index is 13.0. The monoisotopic (exact) mass is 517 g/mol. The number of ether oxygens (including phenoxy) is 1. The molecule has 7 heteroatoms. The number of carbonyl (C=O) groups is 3. The predicted molar refractivity (Wildman–Crippen MR) is 147 cm³/mol. The Bertz CT molecular complexity index is 1070. The molecule has 0 radical (unpaired) electrons. The third-order valence-corrected chi connectivity index (χ3v) is 7.36. The summed E-state index contributed by atoms with van der Waals surface area (Å²) in [5, 5.41) is 6.00. The third kappa shape index (κ3) is 8.84. The Morgan fingerprint density at radius 3 is 2.42 bits per heavy atom. The molecular formula is C31H39N3O4. The van der Waals surface area contributed by atoms with Crippen molar-refractivity contribution in [2.75, 3.05) is 26.2 Å². The molecule has 2 heterocycles. The SMILES string of the molecule is O=C(C[C@@H]1CC=CCCC(=O)OC(c2ccccc2)CNC1=O)NCC1CCN(Cc2ccccc2)CC1. The first kappa shape index (κ1) is 27.6. The van der Waals surface area contributed by atoms with Crippen LogP contribution in [0.4, 0.5) is 0 Å². The maximum atomic E-state index is 13.0. The minimum absolute atomic E-state index is 0.0941. The summed E-state index contributed by atoms with van der Waals surface area (Å²) in [5.41, 5.74) is 2.16. The van der Waals surface area contributed by atoms with Crippen LogP contribution in [-0.4, -0.2) is 48.9 Å². The summed E-state index contributed by atoms with van der Waals surface area (Å²) in [5.74, 6) is -0.594. The van der Waals surface area contributed by atoms with Crippen LogP contribution >= 0.6 is 0 Å². The molecule has 4 rings (SSSR count). The summed E-state index contributed by atoms with van der Waals surface area (Å²) < 4.78 is 5.65. The van der Waals surface area contributed by atoms with E-state index in [1.54, 1.807) is 0 Å². The minimum atomic E-state index is -0.557. The lowest BCUT2D eigenvalue weighted by atomic mass is 9.95. The fourth-order valence-electron chi connectivity index (χ4n) is 5.06. The molecule has 0 saturated carbocycles. The van der Waals surface area contributed by atoms with Gasteiger partial charge in [0.1, 0.15) is 6.10 Å². The number of hydrogen-bond acceptors (Lipinski definition) is 5. The number of rotatable bonds is 7. The normalized spacial score (nSPS) is 22.0. The van der Waals surface area contributed by atoms with E-state index in [0.717, 1.165) is 38.0 Å². The molecule has 0 aromatic heterocycles. The van der Waals surface area contributed by atoms with Crippen molar-refractivity contribution < 1.29 is 19.1 Å². The van der Waals surface area contributed by atoms with Gasteiger partial charge in [-0.2, -0.15) is 0 Å². The van der Waals surface area contributed by atoms with Gasteiger partial charge in [-0.05, 0) is 55.8 Å². The van der Waals surface area contributed by atoms with Crippen LogP contribution in [0.1, 0.15) is 55.8 Å². The van der Waals surface area contributed by atoms with Gasteiger partial charge in [0, 0.05) is 25.9 Å². The number of nitrogens with one attached hydrogen (secondary N) is 2. The van der Waals surface area contributed by atoms with E-state index in [1.165, 1.54) is 5.56 Å². The summed E-state index contributed by atoms with van der Waals surface area (Å²) in [6, 6.07) is 19.9. The third-order valence-electron chi connectivity index (χ3n) is 7.36. The molecule has 0 bridgehead atoms. The standard InChI is InChI=1S/C31H39N3O4/c35-29(32-21-24-16-18-34(19-17-24)23-25-10-4-1-5-11-25)20-27-14-8-3-9-15-30(36)38-28(22-33-31(27)37)26-12-6-2-7-13-26/h1-8,10-13,24,27-28H,9,14-23H2,(H,32,35)(H,33,37)/t27-,28?/m0/s1. The highest BCUT2D eigenvalue weighted by Gasteiger charge is 2.25. The van der Waals surface area contributed by atoms with Crippen molar-refractivity contribution in [1.29, 1.82) is 0 Å². The lowest BCUT2D eigenvalue weighted by molar-refractivity contribution is -0.150. The van der Waals surface area contributed by atoms with E-state index in [1.807, 2.05) is 48.6 Å². The van der Waals surface area contributed by atoms with Gasteiger partial charge in [0.05, 0.1) is 12.5 Å². The molecule has 2 aliphatic heterocycles. The zero-order valence-corrected chi connectivity index (χ0v) is 22.0. The largest absolute Gasteiger partial charge is 0.456 e. The van der Waals surface area contributed by atoms with Crippen molar-refractivity contribution >= 4 is 17.8 Å². The predicted octanol–water partition coefficient (Wildman–Crippen LogP) is 4.16. The first-order valence-corrected chi connectivity index (χ1v) is 13.8. The van der Waals surface area contributed by atoms with E-state index >= 15 is 0 Å². The number of likely N-dealkylation sites (tertiary alicyclic amines) is 1. The first-order valence-electron chi connectivity index (χ1n) is 13.8. The number of piperidine rings is 1. The highest BCUT2D eigenvalue weighted by atomic mass is 16.5. The Balaban J connectivity index is 1.25. The molecule has 1 fully saturated rings. The summed E-state index contributed by atoms with van der Waals surface area (Å²) in [7, 11) is 0. The van der Waals surface area contributed by atoms with E-state index < -0.39 is 12.0 Å². The number of carbonyl (C=O) groups excluding carboxylic acids is 3. The average Bonchev–Trinajstić information content (AvgIpc) is 2.94. The second kappa shape index (κ2) is 14.5. The van der Waals surface area contributed by atoms with Gasteiger partial charge in [0.15, 0.2) is 0 Å². The first-order chi connectivity index (χ1) is 18.6. The van der Waals surface area contributed by atoms with Gasteiger partial charge < -0.3 is 15.4 Å². The maximum Gasteiger partial charge on any atom is 0.306 e. The van der Waals surface area contributed by atoms with Crippen molar-refractivity contribution in [2.45, 2.75) is 51.2 Å². The number of amides is 2. The topological polar surface area (TPSA) is 87.7 Å². The van der Waals surface area contributed by atoms with Gasteiger partial charge in [-0.25, -0.2) is 0 Å². The van der Waals surface area contributed by atoms with Crippen LogP contribution < -0.4 is 10.6 Å². The Labute approximate surface area is 225 Å². The summed E-state index contributed by atoms with van der Waals surface area (Å²) in [6.07, 6.45) is 6.76. The Morgan fingerprint density at radius 1 is 0.974 bits per heavy atom. The number of nitrogens with zero attached hydrogens (tertiary/aromatic N) is 1. The van der Waals surface area contributed by atoms with Crippen LogP contribution in [-0.2, 0) is 25.7 Å². The van der Waals surface area contributed by atoms with Gasteiger partial charge in [-0.15, -0.1) is 0 Å². The number of hydrogen-bond donors (Lipinski definition) is 2. The molecule has 2 aromatic rings. The highest BCUT2D eigenvalue weighted by molar-refractivity contribution is 5.86. The fourth-order valence-corrected chi connectivity index (χ4v) is 5.06. The molecule has 0 aliphatic carbocycles. The van der Waals surface area contributed by atoms with E-state index in [4.69, 9.17) is 4.74 Å². The highest BCUT2D eigenvalue weighted by Crippen LogP contribution is 2.21. The van der Waals surface area contributed by atoms with Gasteiger partial charge in [-0.3, -0.25) is 19.3 Å². The quantitative estimate of drug-likeness (QED) is 0.425. The molecular weight excluding hydrogens is 478 g/mol. The van der Waals surface area contributed by atoms with Crippen LogP contribution in [0.3, 0.4) is 0 Å². The van der Waals surface area contributed by atoms with Crippen molar-refractivity contribution in [1.82, 2.24) is 15.5 Å². The molecule has 1 unspecified atom stereocenters. The van der Waals surface area contributed by atoms with Crippen LogP contribution in [0.15, 0.2) is 72.8 Å². The fraction of sp³-hybridized carbons (Fsp3) is 0.452. The molecule has 2 amide bonds. The zero-order valence-electron chi connectivity index (χ0n) is 22.0. The summed E-state index contributed by atoms with van der Waals surface area (Å²) >= 11 is 0. The van der Waals surface area contributed by atoms with Crippen LogP contribution in [0.5, 0.6) is 0 Å². The second-order valence-electron chi connectivity index (χ2n) is 10.3. The molecule has 38 heavy (non-hydrogen) atoms. The second-order valence-corrected chi connectivity index (χ2v) is 10.3. The molecule has 2 N–H and O–H groups in total. The smallest absolute Gasteiger partial charge is 0.306 e. The minimum Gasteiger partial charge on any atom is -0.456 e. The molecule has 202 valence electrons. The Kier molecular flexibility index (Phi) is 10.5. The van der Waals surface area contributed by atoms with Crippen molar-refractivity contribution in [3.63, 3.8) is 0 Å². The van der Waals surface area contributed by atoms with Crippen LogP contribution in [0.25, 0.3) is 0 Å². The molecule has 7 nitrogen and oxygen atoms in total. The van der Waals surface area contributed by atoms with E-state index in [-0.39, 0.29) is 37.2 Å². The lowest BCUT2D eigenvalue weighted by Gasteiger charge is -2.32. The number of allylic oxidation sites excluding steroid dienone is 2. The van der Waals surface area contributed by atoms with Crippen LogP contribution in [0, 0.1) is 11.8 Å². The summed E-state index contributed by atoms with van der Waals surface area (Å²) in [6.45, 7) is 3.84. The Morgan fingerprint density at radius 2 is 1.68 bits per heavy atom. The molecule has 2 atom stereocenters. The number of benzene rings is 2. The van der Waals surface area contributed by atoms with Crippen molar-refractivity contribution in [3.05, 3.63) is 83.9 Å². The van der Waals surface area contributed by atoms with Crippen LogP contribution in [0.2, 0.25) is 0 Å². The zero-order chi connectivity index (χ0) is 26.6. The van der Waals surface area contributed by atoms with Gasteiger partial charge in [0.25, 0.3) is 0 Å². The van der Waals surface area contributed by atoms with Gasteiger partial charge >= 0.3 is 5.97 Å². The molecule has 1 saturated heterocycles. The van der Waals surface area contributed by atoms with Gasteiger partial charge in [0.2, 0.25) is 11.8 Å². The Hall–Kier alpha value is -3.45.